The summed E-state index contributed by atoms with van der Waals surface area (Å²) in [7, 11) is 0. The highest BCUT2D eigenvalue weighted by molar-refractivity contribution is 5.30. The lowest BCUT2D eigenvalue weighted by Crippen LogP contribution is -2.26. The van der Waals surface area contributed by atoms with Gasteiger partial charge in [-0.1, -0.05) is 30.3 Å². The molecule has 2 atom stereocenters. The zero-order chi connectivity index (χ0) is 13.9. The van der Waals surface area contributed by atoms with E-state index < -0.39 is 0 Å². The van der Waals surface area contributed by atoms with Crippen molar-refractivity contribution in [2.45, 2.75) is 44.6 Å². The molecule has 1 aromatic carbocycles. The minimum absolute atomic E-state index is 0.180. The monoisotopic (exact) mass is 267 g/mol. The fraction of sp³-hybridized carbons (Fsp3) is 0.389. The number of aromatic nitrogens is 1. The highest BCUT2D eigenvalue weighted by atomic mass is 16.3. The predicted molar refractivity (Wildman–Crippen MR) is 80.8 cm³/mol. The van der Waals surface area contributed by atoms with Gasteiger partial charge in [-0.15, -0.1) is 0 Å². The Morgan fingerprint density at radius 1 is 1.25 bits per heavy atom. The van der Waals surface area contributed by atoms with Crippen molar-refractivity contribution < 1.29 is 5.11 Å². The van der Waals surface area contributed by atoms with Crippen molar-refractivity contribution in [3.63, 3.8) is 0 Å². The largest absolute Gasteiger partial charge is 0.392 e. The first-order valence-corrected chi connectivity index (χ1v) is 7.42. The normalized spacial score (nSPS) is 19.4. The fourth-order valence-electron chi connectivity index (χ4n) is 3.23. The second-order valence-corrected chi connectivity index (χ2v) is 5.74. The lowest BCUT2D eigenvalue weighted by molar-refractivity contribution is 0.132. The molecule has 20 heavy (non-hydrogen) atoms. The van der Waals surface area contributed by atoms with E-state index in [0.717, 1.165) is 25.0 Å². The summed E-state index contributed by atoms with van der Waals surface area (Å²) in [4.78, 5) is 4.53. The van der Waals surface area contributed by atoms with Gasteiger partial charge in [0.25, 0.3) is 0 Å². The first-order chi connectivity index (χ1) is 9.75. The topological polar surface area (TPSA) is 33.1 Å². The number of fused-ring (bicyclic) bond motifs is 1. The van der Waals surface area contributed by atoms with E-state index in [2.05, 4.69) is 30.1 Å². The molecule has 3 rings (SSSR count). The van der Waals surface area contributed by atoms with Crippen LogP contribution in [0.1, 0.15) is 41.1 Å². The molecule has 1 aromatic heterocycles. The van der Waals surface area contributed by atoms with Crippen LogP contribution in [0, 0.1) is 6.92 Å². The molecule has 104 valence electrons. The Morgan fingerprint density at radius 3 is 2.95 bits per heavy atom. The molecule has 0 amide bonds. The first kappa shape index (κ1) is 13.3. The van der Waals surface area contributed by atoms with Crippen molar-refractivity contribution in [3.05, 3.63) is 65.0 Å². The van der Waals surface area contributed by atoms with Crippen LogP contribution in [0.2, 0.25) is 0 Å². The van der Waals surface area contributed by atoms with Crippen LogP contribution in [0.15, 0.2) is 42.6 Å². The van der Waals surface area contributed by atoms with Crippen molar-refractivity contribution in [1.29, 1.82) is 0 Å². The number of pyridine rings is 1. The smallest absolute Gasteiger partial charge is 0.0664 e. The van der Waals surface area contributed by atoms with Gasteiger partial charge in [-0.3, -0.25) is 4.98 Å². The lowest BCUT2D eigenvalue weighted by Gasteiger charge is -2.28. The zero-order valence-corrected chi connectivity index (χ0v) is 11.9. The van der Waals surface area contributed by atoms with Gasteiger partial charge in [0.15, 0.2) is 0 Å². The van der Waals surface area contributed by atoms with Gasteiger partial charge in [-0.25, -0.2) is 0 Å². The molecular weight excluding hydrogens is 246 g/mol. The average molecular weight is 267 g/mol. The van der Waals surface area contributed by atoms with Gasteiger partial charge < -0.3 is 5.11 Å². The second-order valence-electron chi connectivity index (χ2n) is 5.74. The SMILES string of the molecule is Cc1ccccc1CC(O)C1CCCc2cccnc21. The zero-order valence-electron chi connectivity index (χ0n) is 11.9. The van der Waals surface area contributed by atoms with Crippen LogP contribution in [0.5, 0.6) is 0 Å². The number of nitrogens with zero attached hydrogens (tertiary/aromatic N) is 1. The summed E-state index contributed by atoms with van der Waals surface area (Å²) in [6, 6.07) is 12.4. The van der Waals surface area contributed by atoms with E-state index in [9.17, 15) is 5.11 Å². The Hall–Kier alpha value is -1.67. The number of hydrogen-bond acceptors (Lipinski definition) is 2. The molecule has 2 heteroatoms. The number of rotatable bonds is 3. The third-order valence-corrected chi connectivity index (χ3v) is 4.39. The van der Waals surface area contributed by atoms with Crippen molar-refractivity contribution in [3.8, 4) is 0 Å². The summed E-state index contributed by atoms with van der Waals surface area (Å²) in [5.74, 6) is 0.180. The molecule has 2 nitrogen and oxygen atoms in total. The number of benzene rings is 1. The summed E-state index contributed by atoms with van der Waals surface area (Å²) < 4.78 is 0. The van der Waals surface area contributed by atoms with Gasteiger partial charge in [0, 0.05) is 17.8 Å². The molecular formula is C18H21NO. The van der Waals surface area contributed by atoms with Crippen molar-refractivity contribution in [2.24, 2.45) is 0 Å². The molecule has 0 saturated heterocycles. The Bertz CT molecular complexity index is 593. The Morgan fingerprint density at radius 2 is 2.10 bits per heavy atom. The third kappa shape index (κ3) is 2.61. The number of aliphatic hydroxyl groups excluding tert-OH is 1. The summed E-state index contributed by atoms with van der Waals surface area (Å²) in [5, 5.41) is 10.7. The highest BCUT2D eigenvalue weighted by Crippen LogP contribution is 2.33. The van der Waals surface area contributed by atoms with Gasteiger partial charge in [-0.05, 0) is 55.4 Å². The van der Waals surface area contributed by atoms with E-state index in [0.29, 0.717) is 6.42 Å². The molecule has 0 saturated carbocycles. The molecule has 0 radical (unpaired) electrons. The van der Waals surface area contributed by atoms with E-state index in [1.807, 2.05) is 24.4 Å². The quantitative estimate of drug-likeness (QED) is 0.924. The van der Waals surface area contributed by atoms with E-state index in [-0.39, 0.29) is 12.0 Å². The Labute approximate surface area is 120 Å². The predicted octanol–water partition coefficient (Wildman–Crippen LogP) is 3.41. The van der Waals surface area contributed by atoms with Gasteiger partial charge in [0.05, 0.1) is 6.10 Å². The van der Waals surface area contributed by atoms with Crippen molar-refractivity contribution in [2.75, 3.05) is 0 Å². The van der Waals surface area contributed by atoms with Crippen LogP contribution in [-0.4, -0.2) is 16.2 Å². The number of aliphatic hydroxyl groups is 1. The van der Waals surface area contributed by atoms with E-state index in [4.69, 9.17) is 0 Å². The Kier molecular flexibility index (Phi) is 3.83. The standard InChI is InChI=1S/C18H21NO/c1-13-6-2-3-7-15(13)12-17(20)16-10-4-8-14-9-5-11-19-18(14)16/h2-3,5-7,9,11,16-17,20H,4,8,10,12H2,1H3. The number of aryl methyl sites for hydroxylation is 2. The maximum atomic E-state index is 10.7. The first-order valence-electron chi connectivity index (χ1n) is 7.42. The van der Waals surface area contributed by atoms with Gasteiger partial charge >= 0.3 is 0 Å². The lowest BCUT2D eigenvalue weighted by atomic mass is 9.81. The van der Waals surface area contributed by atoms with Crippen LogP contribution < -0.4 is 0 Å². The Balaban J connectivity index is 1.82. The molecule has 0 spiro atoms. The summed E-state index contributed by atoms with van der Waals surface area (Å²) in [5.41, 5.74) is 4.92. The van der Waals surface area contributed by atoms with Crippen LogP contribution in [0.4, 0.5) is 0 Å². The summed E-state index contributed by atoms with van der Waals surface area (Å²) in [6.45, 7) is 2.11. The van der Waals surface area contributed by atoms with Gasteiger partial charge in [0.1, 0.15) is 0 Å². The van der Waals surface area contributed by atoms with E-state index >= 15 is 0 Å². The molecule has 1 aliphatic carbocycles. The highest BCUT2D eigenvalue weighted by Gasteiger charge is 2.27. The molecule has 0 aliphatic heterocycles. The van der Waals surface area contributed by atoms with Gasteiger partial charge in [0.2, 0.25) is 0 Å². The maximum Gasteiger partial charge on any atom is 0.0664 e. The third-order valence-electron chi connectivity index (χ3n) is 4.39. The van der Waals surface area contributed by atoms with Crippen LogP contribution in [0.3, 0.4) is 0 Å². The van der Waals surface area contributed by atoms with Gasteiger partial charge in [-0.2, -0.15) is 0 Å². The van der Waals surface area contributed by atoms with Crippen LogP contribution in [-0.2, 0) is 12.8 Å². The van der Waals surface area contributed by atoms with Crippen LogP contribution in [0.25, 0.3) is 0 Å². The molecule has 2 unspecified atom stereocenters. The average Bonchev–Trinajstić information content (AvgIpc) is 2.49. The number of hydrogen-bond donors (Lipinski definition) is 1. The van der Waals surface area contributed by atoms with E-state index in [1.165, 1.54) is 16.7 Å². The fourth-order valence-corrected chi connectivity index (χ4v) is 3.23. The minimum Gasteiger partial charge on any atom is -0.392 e. The molecule has 1 aliphatic rings. The molecule has 1 N–H and O–H groups in total. The minimum atomic E-state index is -0.343. The van der Waals surface area contributed by atoms with Crippen LogP contribution >= 0.6 is 0 Å². The summed E-state index contributed by atoms with van der Waals surface area (Å²) >= 11 is 0. The molecule has 2 aromatic rings. The molecule has 0 fully saturated rings. The van der Waals surface area contributed by atoms with Crippen molar-refractivity contribution >= 4 is 0 Å². The maximum absolute atomic E-state index is 10.7. The van der Waals surface area contributed by atoms with E-state index in [1.54, 1.807) is 0 Å². The molecule has 1 heterocycles. The second kappa shape index (κ2) is 5.76. The van der Waals surface area contributed by atoms with Crippen molar-refractivity contribution in [1.82, 2.24) is 4.98 Å². The molecule has 0 bridgehead atoms. The summed E-state index contributed by atoms with van der Waals surface area (Å²) in [6.07, 6.45) is 5.50.